The number of nitrogens with one attached hydrogen (secondary N) is 2. The van der Waals surface area contributed by atoms with Gasteiger partial charge >= 0.3 is 5.97 Å². The van der Waals surface area contributed by atoms with Crippen LogP contribution in [0.15, 0.2) is 12.3 Å². The highest BCUT2D eigenvalue weighted by Gasteiger charge is 2.06. The highest BCUT2D eigenvalue weighted by molar-refractivity contribution is 7.80. The summed E-state index contributed by atoms with van der Waals surface area (Å²) in [6.07, 6.45) is 1.68. The molecule has 0 saturated carbocycles. The van der Waals surface area contributed by atoms with Gasteiger partial charge in [-0.15, -0.1) is 0 Å². The second-order valence-electron chi connectivity index (χ2n) is 2.50. The number of hydrogen-bond donors (Lipinski definition) is 2. The molecule has 0 amide bonds. The molecule has 14 heavy (non-hydrogen) atoms. The van der Waals surface area contributed by atoms with Gasteiger partial charge in [-0.1, -0.05) is 12.2 Å². The number of rotatable bonds is 4. The van der Waals surface area contributed by atoms with Crippen LogP contribution >= 0.6 is 12.2 Å². The fraction of sp³-hybridized carbons (Fsp3) is 0.375. The fourth-order valence-corrected chi connectivity index (χ4v) is 1.09. The van der Waals surface area contributed by atoms with Crippen LogP contribution in [-0.4, -0.2) is 27.8 Å². The monoisotopic (exact) mass is 213 g/mol. The Kier molecular flexibility index (Phi) is 4.06. The van der Waals surface area contributed by atoms with E-state index in [-0.39, 0.29) is 12.4 Å². The summed E-state index contributed by atoms with van der Waals surface area (Å²) in [6.45, 7) is 2.12. The summed E-state index contributed by atoms with van der Waals surface area (Å²) in [6, 6.07) is 1.72. The van der Waals surface area contributed by atoms with Crippen molar-refractivity contribution >= 4 is 29.0 Å². The highest BCUT2D eigenvalue weighted by Crippen LogP contribution is 2.01. The van der Waals surface area contributed by atoms with Crippen LogP contribution in [0.1, 0.15) is 13.3 Å². The molecule has 0 radical (unpaired) electrons. The summed E-state index contributed by atoms with van der Waals surface area (Å²) in [4.78, 5) is 11.4. The molecule has 0 saturated heterocycles. The van der Waals surface area contributed by atoms with Gasteiger partial charge in [0.2, 0.25) is 0 Å². The van der Waals surface area contributed by atoms with Gasteiger partial charge in [0.05, 0.1) is 24.2 Å². The van der Waals surface area contributed by atoms with Gasteiger partial charge < -0.3 is 10.1 Å². The zero-order chi connectivity index (χ0) is 10.4. The van der Waals surface area contributed by atoms with Crippen molar-refractivity contribution in [1.82, 2.24) is 10.2 Å². The van der Waals surface area contributed by atoms with Crippen molar-refractivity contribution in [3.05, 3.63) is 12.3 Å². The Morgan fingerprint density at radius 2 is 2.57 bits per heavy atom. The lowest BCUT2D eigenvalue weighted by molar-refractivity contribution is -0.141. The first-order valence-corrected chi connectivity index (χ1v) is 4.58. The van der Waals surface area contributed by atoms with Crippen molar-refractivity contribution in [2.75, 3.05) is 11.9 Å². The standard InChI is InChI=1S/C8H11N3O2S/c1-2-13-8(12)5-7(14)10-6-3-4-9-11-6/h3-4H,2,5H2,1H3,(H2,9,10,11,14). The molecule has 0 aliphatic rings. The normalized spacial score (nSPS) is 9.50. The van der Waals surface area contributed by atoms with Gasteiger partial charge in [-0.3, -0.25) is 9.89 Å². The maximum absolute atomic E-state index is 11.0. The zero-order valence-electron chi connectivity index (χ0n) is 7.74. The van der Waals surface area contributed by atoms with E-state index < -0.39 is 0 Å². The van der Waals surface area contributed by atoms with Gasteiger partial charge in [0.15, 0.2) is 0 Å². The summed E-state index contributed by atoms with van der Waals surface area (Å²) in [7, 11) is 0. The topological polar surface area (TPSA) is 67.0 Å². The number of H-pyrrole nitrogens is 1. The molecule has 0 aliphatic heterocycles. The van der Waals surface area contributed by atoms with Gasteiger partial charge in [0.1, 0.15) is 5.82 Å². The number of carbonyl (C=O) groups excluding carboxylic acids is 1. The minimum atomic E-state index is -0.329. The fourth-order valence-electron chi connectivity index (χ4n) is 0.863. The predicted octanol–water partition coefficient (Wildman–Crippen LogP) is 1.10. The molecule has 2 N–H and O–H groups in total. The van der Waals surface area contributed by atoms with Crippen LogP contribution in [0.4, 0.5) is 5.82 Å². The Morgan fingerprint density at radius 1 is 1.79 bits per heavy atom. The molecular formula is C8H11N3O2S. The molecule has 0 atom stereocenters. The summed E-state index contributed by atoms with van der Waals surface area (Å²) >= 11 is 4.93. The smallest absolute Gasteiger partial charge is 0.312 e. The second kappa shape index (κ2) is 5.33. The van der Waals surface area contributed by atoms with Crippen molar-refractivity contribution in [2.45, 2.75) is 13.3 Å². The van der Waals surface area contributed by atoms with Gasteiger partial charge in [-0.25, -0.2) is 0 Å². The first kappa shape index (κ1) is 10.6. The lowest BCUT2D eigenvalue weighted by Gasteiger charge is -2.04. The molecule has 0 unspecified atom stereocenters. The lowest BCUT2D eigenvalue weighted by atomic mass is 10.4. The molecule has 0 fully saturated rings. The van der Waals surface area contributed by atoms with Gasteiger partial charge in [-0.05, 0) is 6.92 Å². The van der Waals surface area contributed by atoms with E-state index in [1.54, 1.807) is 19.2 Å². The van der Waals surface area contributed by atoms with Crippen LogP contribution in [0.25, 0.3) is 0 Å². The van der Waals surface area contributed by atoms with Crippen molar-refractivity contribution in [1.29, 1.82) is 0 Å². The first-order chi connectivity index (χ1) is 6.72. The van der Waals surface area contributed by atoms with Crippen molar-refractivity contribution < 1.29 is 9.53 Å². The number of aromatic amines is 1. The van der Waals surface area contributed by atoms with Crippen molar-refractivity contribution in [3.63, 3.8) is 0 Å². The largest absolute Gasteiger partial charge is 0.466 e. The molecule has 0 spiro atoms. The molecule has 1 aromatic rings. The van der Waals surface area contributed by atoms with E-state index in [0.29, 0.717) is 17.4 Å². The number of aromatic nitrogens is 2. The van der Waals surface area contributed by atoms with E-state index >= 15 is 0 Å². The molecule has 6 heteroatoms. The Bertz CT molecular complexity index is 310. The van der Waals surface area contributed by atoms with Crippen LogP contribution in [0, 0.1) is 0 Å². The third-order valence-corrected chi connectivity index (χ3v) is 1.63. The molecule has 1 aromatic heterocycles. The molecule has 1 rings (SSSR count). The first-order valence-electron chi connectivity index (χ1n) is 4.17. The van der Waals surface area contributed by atoms with E-state index in [1.165, 1.54) is 0 Å². The molecule has 5 nitrogen and oxygen atoms in total. The van der Waals surface area contributed by atoms with Gasteiger partial charge in [0.25, 0.3) is 0 Å². The van der Waals surface area contributed by atoms with Crippen LogP contribution in [-0.2, 0) is 9.53 Å². The maximum atomic E-state index is 11.0. The van der Waals surface area contributed by atoms with E-state index in [9.17, 15) is 4.79 Å². The van der Waals surface area contributed by atoms with Gasteiger partial charge in [-0.2, -0.15) is 5.10 Å². The number of esters is 1. The van der Waals surface area contributed by atoms with Crippen LogP contribution < -0.4 is 5.32 Å². The van der Waals surface area contributed by atoms with Crippen LogP contribution in [0.5, 0.6) is 0 Å². The summed E-state index contributed by atoms with van der Waals surface area (Å²) in [5.41, 5.74) is 0. The molecule has 0 bridgehead atoms. The van der Waals surface area contributed by atoms with Crippen molar-refractivity contribution in [3.8, 4) is 0 Å². The number of thiocarbonyl (C=S) groups is 1. The number of anilines is 1. The molecular weight excluding hydrogens is 202 g/mol. The van der Waals surface area contributed by atoms with E-state index in [1.807, 2.05) is 0 Å². The predicted molar refractivity (Wildman–Crippen MR) is 56.1 cm³/mol. The van der Waals surface area contributed by atoms with Crippen LogP contribution in [0.2, 0.25) is 0 Å². The molecule has 1 heterocycles. The van der Waals surface area contributed by atoms with Crippen LogP contribution in [0.3, 0.4) is 0 Å². The Balaban J connectivity index is 2.33. The quantitative estimate of drug-likeness (QED) is 0.579. The SMILES string of the molecule is CCOC(=O)CC(=S)Nc1ccn[nH]1. The third kappa shape index (κ3) is 3.53. The zero-order valence-corrected chi connectivity index (χ0v) is 8.56. The lowest BCUT2D eigenvalue weighted by Crippen LogP contribution is -2.16. The average Bonchev–Trinajstić information content (AvgIpc) is 2.56. The minimum absolute atomic E-state index is 0.0855. The molecule has 0 aliphatic carbocycles. The summed E-state index contributed by atoms with van der Waals surface area (Å²) in [5.74, 6) is 0.337. The van der Waals surface area contributed by atoms with E-state index in [4.69, 9.17) is 17.0 Å². The number of carbonyl (C=O) groups is 1. The number of nitrogens with zero attached hydrogens (tertiary/aromatic N) is 1. The molecule has 76 valence electrons. The third-order valence-electron chi connectivity index (χ3n) is 1.39. The average molecular weight is 213 g/mol. The van der Waals surface area contributed by atoms with Crippen molar-refractivity contribution in [2.24, 2.45) is 0 Å². The minimum Gasteiger partial charge on any atom is -0.466 e. The highest BCUT2D eigenvalue weighted by atomic mass is 32.1. The Morgan fingerprint density at radius 3 is 3.14 bits per heavy atom. The van der Waals surface area contributed by atoms with E-state index in [2.05, 4.69) is 15.5 Å². The summed E-state index contributed by atoms with van der Waals surface area (Å²) < 4.78 is 4.74. The van der Waals surface area contributed by atoms with E-state index in [0.717, 1.165) is 0 Å². The maximum Gasteiger partial charge on any atom is 0.312 e. The second-order valence-corrected chi connectivity index (χ2v) is 2.99. The Hall–Kier alpha value is -1.43. The number of ether oxygens (including phenoxy) is 1. The molecule has 0 aromatic carbocycles. The van der Waals surface area contributed by atoms with Gasteiger partial charge in [0, 0.05) is 6.07 Å². The summed E-state index contributed by atoms with van der Waals surface area (Å²) in [5, 5.41) is 9.22. The Labute approximate surface area is 86.8 Å². The number of hydrogen-bond acceptors (Lipinski definition) is 4.